The van der Waals surface area contributed by atoms with Crippen LogP contribution in [0.3, 0.4) is 0 Å². The molecule has 0 aliphatic heterocycles. The van der Waals surface area contributed by atoms with E-state index in [1.165, 1.54) is 17.4 Å². The molecule has 4 rings (SSSR count). The van der Waals surface area contributed by atoms with Crippen LogP contribution in [0, 0.1) is 11.6 Å². The number of amides is 1. The zero-order chi connectivity index (χ0) is 17.4. The molecule has 0 spiro atoms. The summed E-state index contributed by atoms with van der Waals surface area (Å²) in [5.41, 5.74) is 1.18. The van der Waals surface area contributed by atoms with Gasteiger partial charge in [0.2, 0.25) is 5.91 Å². The van der Waals surface area contributed by atoms with Crippen molar-refractivity contribution in [3.05, 3.63) is 59.1 Å². The molecule has 0 aliphatic carbocycles. The van der Waals surface area contributed by atoms with Gasteiger partial charge in [-0.05, 0) is 24.3 Å². The first kappa shape index (κ1) is 15.8. The average molecular weight is 373 g/mol. The fraction of sp³-hybridized carbons (Fsp3) is 0. The molecule has 0 unspecified atom stereocenters. The second-order valence-corrected chi connectivity index (χ2v) is 7.19. The summed E-state index contributed by atoms with van der Waals surface area (Å²) in [5.74, 6) is -2.30. The highest BCUT2D eigenvalue weighted by atomic mass is 32.1. The van der Waals surface area contributed by atoms with Gasteiger partial charge in [0, 0.05) is 12.1 Å². The summed E-state index contributed by atoms with van der Waals surface area (Å²) in [6.45, 7) is 0. The van der Waals surface area contributed by atoms with Crippen LogP contribution in [0.25, 0.3) is 26.5 Å². The second kappa shape index (κ2) is 6.30. The Bertz CT molecular complexity index is 1060. The molecule has 0 saturated heterocycles. The summed E-state index contributed by atoms with van der Waals surface area (Å²) in [6.07, 6.45) is 2.97. The molecule has 0 fully saturated rings. The quantitative estimate of drug-likeness (QED) is 0.523. The van der Waals surface area contributed by atoms with Crippen LogP contribution >= 0.6 is 22.7 Å². The Hall–Kier alpha value is -2.71. The second-order valence-electron chi connectivity index (χ2n) is 5.10. The first-order valence-corrected chi connectivity index (χ1v) is 8.82. The molecule has 2 aromatic carbocycles. The van der Waals surface area contributed by atoms with Crippen LogP contribution in [-0.2, 0) is 4.79 Å². The molecule has 4 aromatic rings. The van der Waals surface area contributed by atoms with Crippen molar-refractivity contribution in [3.63, 3.8) is 0 Å². The molecule has 124 valence electrons. The number of nitrogens with zero attached hydrogens (tertiary/aromatic N) is 2. The van der Waals surface area contributed by atoms with E-state index in [0.717, 1.165) is 33.7 Å². The van der Waals surface area contributed by atoms with Crippen molar-refractivity contribution < 1.29 is 13.6 Å². The summed E-state index contributed by atoms with van der Waals surface area (Å²) in [5, 5.41) is 3.58. The maximum Gasteiger partial charge on any atom is 0.250 e. The van der Waals surface area contributed by atoms with E-state index >= 15 is 0 Å². The third-order valence-electron chi connectivity index (χ3n) is 3.35. The van der Waals surface area contributed by atoms with Crippen molar-refractivity contribution in [2.45, 2.75) is 0 Å². The predicted molar refractivity (Wildman–Crippen MR) is 96.8 cm³/mol. The van der Waals surface area contributed by atoms with Gasteiger partial charge in [-0.2, -0.15) is 0 Å². The highest BCUT2D eigenvalue weighted by molar-refractivity contribution is 7.22. The molecule has 25 heavy (non-hydrogen) atoms. The average Bonchev–Trinajstić information content (AvgIpc) is 3.16. The molecule has 1 N–H and O–H groups in total. The predicted octanol–water partition coefficient (Wildman–Crippen LogP) is 4.84. The molecule has 2 aromatic heterocycles. The zero-order valence-corrected chi connectivity index (χ0v) is 14.1. The number of thiazole rings is 2. The standard InChI is InChI=1S/C17H9F2N3OS2/c18-9-7-12-14(8-10(9)19)25-17(21-12)22-15(23)5-6-16-20-11-3-1-2-4-13(11)24-16/h1-8H,(H,21,22,23)/b6-5+. The van der Waals surface area contributed by atoms with Crippen molar-refractivity contribution in [3.8, 4) is 0 Å². The highest BCUT2D eigenvalue weighted by Gasteiger charge is 2.10. The lowest BCUT2D eigenvalue weighted by Crippen LogP contribution is -2.07. The minimum absolute atomic E-state index is 0.277. The Balaban J connectivity index is 1.51. The third-order valence-corrected chi connectivity index (χ3v) is 5.28. The van der Waals surface area contributed by atoms with Gasteiger partial charge >= 0.3 is 0 Å². The summed E-state index contributed by atoms with van der Waals surface area (Å²) >= 11 is 2.56. The van der Waals surface area contributed by atoms with Crippen molar-refractivity contribution >= 4 is 60.2 Å². The van der Waals surface area contributed by atoms with E-state index in [1.807, 2.05) is 24.3 Å². The molecule has 4 nitrogen and oxygen atoms in total. The molecular weight excluding hydrogens is 364 g/mol. The first-order chi connectivity index (χ1) is 12.1. The van der Waals surface area contributed by atoms with Crippen molar-refractivity contribution in [2.75, 3.05) is 5.32 Å². The van der Waals surface area contributed by atoms with Gasteiger partial charge in [-0.3, -0.25) is 10.1 Å². The van der Waals surface area contributed by atoms with Crippen LogP contribution in [-0.4, -0.2) is 15.9 Å². The SMILES string of the molecule is O=C(/C=C/c1nc2ccccc2s1)Nc1nc2cc(F)c(F)cc2s1. The molecule has 0 aliphatic rings. The number of carbonyl (C=O) groups excluding carboxylic acids is 1. The normalized spacial score (nSPS) is 11.6. The van der Waals surface area contributed by atoms with Crippen molar-refractivity contribution in [1.29, 1.82) is 0 Å². The Labute approximate surface area is 148 Å². The number of hydrogen-bond acceptors (Lipinski definition) is 5. The number of anilines is 1. The van der Waals surface area contributed by atoms with Gasteiger partial charge in [0.15, 0.2) is 16.8 Å². The van der Waals surface area contributed by atoms with Crippen LogP contribution in [0.5, 0.6) is 0 Å². The minimum atomic E-state index is -0.966. The summed E-state index contributed by atoms with van der Waals surface area (Å²) in [4.78, 5) is 20.5. The van der Waals surface area contributed by atoms with Gasteiger partial charge in [-0.1, -0.05) is 23.5 Å². The Morgan fingerprint density at radius 2 is 1.80 bits per heavy atom. The third kappa shape index (κ3) is 3.26. The van der Waals surface area contributed by atoms with Crippen molar-refractivity contribution in [1.82, 2.24) is 9.97 Å². The number of hydrogen-bond donors (Lipinski definition) is 1. The lowest BCUT2D eigenvalue weighted by atomic mass is 10.3. The molecule has 2 heterocycles. The van der Waals surface area contributed by atoms with E-state index in [-0.39, 0.29) is 11.0 Å². The number of aromatic nitrogens is 2. The monoisotopic (exact) mass is 373 g/mol. The highest BCUT2D eigenvalue weighted by Crippen LogP contribution is 2.28. The molecule has 1 amide bonds. The topological polar surface area (TPSA) is 54.9 Å². The summed E-state index contributed by atoms with van der Waals surface area (Å²) in [7, 11) is 0. The minimum Gasteiger partial charge on any atom is -0.298 e. The van der Waals surface area contributed by atoms with Gasteiger partial charge in [0.05, 0.1) is 20.4 Å². The van der Waals surface area contributed by atoms with E-state index in [9.17, 15) is 13.6 Å². The lowest BCUT2D eigenvalue weighted by Gasteiger charge is -1.94. The number of benzene rings is 2. The number of carbonyl (C=O) groups is 1. The van der Waals surface area contributed by atoms with E-state index in [1.54, 1.807) is 6.08 Å². The largest absolute Gasteiger partial charge is 0.298 e. The van der Waals surface area contributed by atoms with Gasteiger partial charge in [0.25, 0.3) is 0 Å². The summed E-state index contributed by atoms with van der Waals surface area (Å²) in [6, 6.07) is 9.77. The lowest BCUT2D eigenvalue weighted by molar-refractivity contribution is -0.111. The number of rotatable bonds is 3. The molecule has 0 saturated carbocycles. The maximum absolute atomic E-state index is 13.2. The van der Waals surface area contributed by atoms with E-state index in [2.05, 4.69) is 15.3 Å². The fourth-order valence-corrected chi connectivity index (χ4v) is 3.98. The van der Waals surface area contributed by atoms with Crippen LogP contribution in [0.1, 0.15) is 5.01 Å². The number of para-hydroxylation sites is 1. The molecule has 0 bridgehead atoms. The molecule has 8 heteroatoms. The summed E-state index contributed by atoms with van der Waals surface area (Å²) < 4.78 is 27.9. The maximum atomic E-state index is 13.2. The van der Waals surface area contributed by atoms with Crippen LogP contribution < -0.4 is 5.32 Å². The van der Waals surface area contributed by atoms with E-state index in [4.69, 9.17) is 0 Å². The van der Waals surface area contributed by atoms with Crippen LogP contribution in [0.4, 0.5) is 13.9 Å². The number of halogens is 2. The number of nitrogens with one attached hydrogen (secondary N) is 1. The van der Waals surface area contributed by atoms with E-state index < -0.39 is 11.6 Å². The van der Waals surface area contributed by atoms with Gasteiger partial charge in [-0.25, -0.2) is 18.7 Å². The first-order valence-electron chi connectivity index (χ1n) is 7.19. The van der Waals surface area contributed by atoms with E-state index in [0.29, 0.717) is 15.2 Å². The van der Waals surface area contributed by atoms with Gasteiger partial charge in [-0.15, -0.1) is 11.3 Å². The van der Waals surface area contributed by atoms with Gasteiger partial charge in [0.1, 0.15) is 5.01 Å². The fourth-order valence-electron chi connectivity index (χ4n) is 2.23. The molecular formula is C17H9F2N3OS2. The van der Waals surface area contributed by atoms with Gasteiger partial charge < -0.3 is 0 Å². The number of fused-ring (bicyclic) bond motifs is 2. The van der Waals surface area contributed by atoms with Crippen molar-refractivity contribution in [2.24, 2.45) is 0 Å². The molecule has 0 radical (unpaired) electrons. The Morgan fingerprint density at radius 1 is 1.00 bits per heavy atom. The Morgan fingerprint density at radius 3 is 2.64 bits per heavy atom. The molecule has 0 atom stereocenters. The van der Waals surface area contributed by atoms with Crippen LogP contribution in [0.2, 0.25) is 0 Å². The zero-order valence-electron chi connectivity index (χ0n) is 12.5. The Kier molecular flexibility index (Phi) is 3.98. The smallest absolute Gasteiger partial charge is 0.250 e. The van der Waals surface area contributed by atoms with Crippen LogP contribution in [0.15, 0.2) is 42.5 Å².